The molecule has 126 valence electrons. The molecule has 23 heavy (non-hydrogen) atoms. The number of hydrogen-bond donors (Lipinski definition) is 2. The van der Waals surface area contributed by atoms with Gasteiger partial charge in [-0.05, 0) is 38.8 Å². The van der Waals surface area contributed by atoms with Crippen LogP contribution in [0, 0.1) is 18.3 Å². The van der Waals surface area contributed by atoms with Crippen LogP contribution in [0.3, 0.4) is 0 Å². The number of rotatable bonds is 2. The molecule has 0 bridgehead atoms. The van der Waals surface area contributed by atoms with E-state index in [9.17, 15) is 13.2 Å². The third-order valence-electron chi connectivity index (χ3n) is 3.39. The molecule has 7 nitrogen and oxygen atoms in total. The monoisotopic (exact) mass is 339 g/mol. The van der Waals surface area contributed by atoms with E-state index in [1.807, 2.05) is 6.92 Å². The molecule has 0 aromatic heterocycles. The highest BCUT2D eigenvalue weighted by Gasteiger charge is 2.29. The van der Waals surface area contributed by atoms with E-state index < -0.39 is 16.2 Å². The number of nitrogens with two attached hydrogens (primary N) is 1. The average Bonchev–Trinajstić information content (AvgIpc) is 2.94. The number of amides is 1. The number of hydrogen-bond acceptors (Lipinski definition) is 5. The summed E-state index contributed by atoms with van der Waals surface area (Å²) in [5.41, 5.74) is 6.39. The Kier molecular flexibility index (Phi) is 6.69. The predicted octanol–water partition coefficient (Wildman–Crippen LogP) is 1.09. The molecular formula is C15H21N3O4S. The Hall–Kier alpha value is -1.95. The minimum Gasteiger partial charge on any atom is -0.325 e. The van der Waals surface area contributed by atoms with Crippen LogP contribution >= 0.6 is 0 Å². The third kappa shape index (κ3) is 5.63. The van der Waals surface area contributed by atoms with Crippen LogP contribution in [0.4, 0.5) is 0 Å². The van der Waals surface area contributed by atoms with Crippen molar-refractivity contribution in [3.8, 4) is 6.07 Å². The Balaban J connectivity index is 0.000000231. The quantitative estimate of drug-likeness (QED) is 0.777. The summed E-state index contributed by atoms with van der Waals surface area (Å²) in [6.45, 7) is 4.17. The summed E-state index contributed by atoms with van der Waals surface area (Å²) >= 11 is 0. The van der Waals surface area contributed by atoms with Crippen LogP contribution in [0.15, 0.2) is 29.2 Å². The molecule has 1 aromatic carbocycles. The Labute approximate surface area is 136 Å². The molecule has 0 aliphatic carbocycles. The van der Waals surface area contributed by atoms with Crippen LogP contribution < -0.4 is 5.73 Å². The van der Waals surface area contributed by atoms with Gasteiger partial charge in [0.2, 0.25) is 5.91 Å². The largest absolute Gasteiger partial charge is 0.325 e. The molecule has 1 aliphatic rings. The van der Waals surface area contributed by atoms with Gasteiger partial charge in [-0.2, -0.15) is 13.7 Å². The second-order valence-electron chi connectivity index (χ2n) is 5.40. The van der Waals surface area contributed by atoms with Crippen molar-refractivity contribution in [3.05, 3.63) is 29.8 Å². The molecule has 8 heteroatoms. The second-order valence-corrected chi connectivity index (χ2v) is 6.82. The number of nitrogens with zero attached hydrogens (tertiary/aromatic N) is 2. The van der Waals surface area contributed by atoms with Gasteiger partial charge >= 0.3 is 0 Å². The number of aryl methyl sites for hydroxylation is 1. The predicted molar refractivity (Wildman–Crippen MR) is 85.0 cm³/mol. The molecular weight excluding hydrogens is 318 g/mol. The Morgan fingerprint density at radius 2 is 2.00 bits per heavy atom. The first kappa shape index (κ1) is 19.1. The highest BCUT2D eigenvalue weighted by atomic mass is 32.2. The summed E-state index contributed by atoms with van der Waals surface area (Å²) in [5.74, 6) is -0.112. The maximum absolute atomic E-state index is 11.4. The van der Waals surface area contributed by atoms with E-state index >= 15 is 0 Å². The summed E-state index contributed by atoms with van der Waals surface area (Å²) in [4.78, 5) is 12.9. The molecule has 2 unspecified atom stereocenters. The number of benzene rings is 1. The highest BCUT2D eigenvalue weighted by Crippen LogP contribution is 2.16. The summed E-state index contributed by atoms with van der Waals surface area (Å²) < 4.78 is 29.6. The fourth-order valence-corrected chi connectivity index (χ4v) is 2.62. The lowest BCUT2D eigenvalue weighted by molar-refractivity contribution is -0.132. The zero-order chi connectivity index (χ0) is 17.6. The first-order valence-electron chi connectivity index (χ1n) is 7.16. The van der Waals surface area contributed by atoms with Gasteiger partial charge in [0, 0.05) is 6.54 Å². The SMILES string of the molecule is CC(N)C(=O)N1CCCC1C#N.Cc1ccc(S(=O)(=O)O)cc1. The van der Waals surface area contributed by atoms with Crippen molar-refractivity contribution in [3.63, 3.8) is 0 Å². The zero-order valence-corrected chi connectivity index (χ0v) is 14.0. The van der Waals surface area contributed by atoms with Crippen LogP contribution in [0.2, 0.25) is 0 Å². The fourth-order valence-electron chi connectivity index (χ4n) is 2.14. The first-order chi connectivity index (χ1) is 10.7. The fraction of sp³-hybridized carbons (Fsp3) is 0.467. The van der Waals surface area contributed by atoms with Crippen molar-refractivity contribution in [2.45, 2.75) is 43.7 Å². The topological polar surface area (TPSA) is 124 Å². The van der Waals surface area contributed by atoms with Gasteiger partial charge in [0.15, 0.2) is 0 Å². The normalized spacial score (nSPS) is 18.6. The number of nitriles is 1. The van der Waals surface area contributed by atoms with Crippen LogP contribution in [-0.4, -0.2) is 42.4 Å². The molecule has 1 heterocycles. The lowest BCUT2D eigenvalue weighted by Crippen LogP contribution is -2.44. The van der Waals surface area contributed by atoms with Crippen molar-refractivity contribution >= 4 is 16.0 Å². The zero-order valence-electron chi connectivity index (χ0n) is 13.1. The maximum Gasteiger partial charge on any atom is 0.294 e. The van der Waals surface area contributed by atoms with Gasteiger partial charge in [0.05, 0.1) is 17.0 Å². The lowest BCUT2D eigenvalue weighted by atomic mass is 10.2. The van der Waals surface area contributed by atoms with E-state index in [2.05, 4.69) is 6.07 Å². The van der Waals surface area contributed by atoms with Gasteiger partial charge < -0.3 is 10.6 Å². The Bertz CT molecular complexity index is 678. The maximum atomic E-state index is 11.4. The van der Waals surface area contributed by atoms with Crippen molar-refractivity contribution in [1.82, 2.24) is 4.90 Å². The lowest BCUT2D eigenvalue weighted by Gasteiger charge is -2.21. The number of likely N-dealkylation sites (tertiary alicyclic amines) is 1. The summed E-state index contributed by atoms with van der Waals surface area (Å²) in [5, 5.41) is 8.68. The first-order valence-corrected chi connectivity index (χ1v) is 8.60. The van der Waals surface area contributed by atoms with Crippen molar-refractivity contribution in [2.75, 3.05) is 6.54 Å². The molecule has 0 spiro atoms. The number of carbonyl (C=O) groups is 1. The smallest absolute Gasteiger partial charge is 0.294 e. The molecule has 0 radical (unpaired) electrons. The van der Waals surface area contributed by atoms with E-state index in [1.165, 1.54) is 12.1 Å². The van der Waals surface area contributed by atoms with E-state index in [-0.39, 0.29) is 16.8 Å². The van der Waals surface area contributed by atoms with E-state index in [0.717, 1.165) is 18.4 Å². The van der Waals surface area contributed by atoms with E-state index in [4.69, 9.17) is 15.5 Å². The van der Waals surface area contributed by atoms with Crippen LogP contribution in [-0.2, 0) is 14.9 Å². The summed E-state index contributed by atoms with van der Waals surface area (Å²) in [7, 11) is -4.02. The molecule has 3 N–H and O–H groups in total. The molecule has 2 atom stereocenters. The Morgan fingerprint density at radius 3 is 2.43 bits per heavy atom. The summed E-state index contributed by atoms with van der Waals surface area (Å²) in [6.07, 6.45) is 1.70. The van der Waals surface area contributed by atoms with Crippen molar-refractivity contribution in [1.29, 1.82) is 5.26 Å². The highest BCUT2D eigenvalue weighted by molar-refractivity contribution is 7.85. The Morgan fingerprint density at radius 1 is 1.43 bits per heavy atom. The van der Waals surface area contributed by atoms with Gasteiger partial charge in [-0.1, -0.05) is 17.7 Å². The third-order valence-corrected chi connectivity index (χ3v) is 4.26. The summed E-state index contributed by atoms with van der Waals surface area (Å²) in [6, 6.07) is 7.35. The molecule has 1 saturated heterocycles. The van der Waals surface area contributed by atoms with Crippen LogP contribution in [0.5, 0.6) is 0 Å². The second kappa shape index (κ2) is 8.06. The van der Waals surface area contributed by atoms with Crippen LogP contribution in [0.25, 0.3) is 0 Å². The van der Waals surface area contributed by atoms with Gasteiger partial charge in [0.25, 0.3) is 10.1 Å². The van der Waals surface area contributed by atoms with Gasteiger partial charge in [-0.3, -0.25) is 9.35 Å². The van der Waals surface area contributed by atoms with Crippen molar-refractivity contribution < 1.29 is 17.8 Å². The minimum absolute atomic E-state index is 0.0666. The van der Waals surface area contributed by atoms with Crippen LogP contribution in [0.1, 0.15) is 25.3 Å². The van der Waals surface area contributed by atoms with Crippen molar-refractivity contribution in [2.24, 2.45) is 5.73 Å². The standard InChI is InChI=1S/C8H13N3O.C7H8O3S/c1-6(10)8(12)11-4-2-3-7(11)5-9;1-6-2-4-7(5-3-6)11(8,9)10/h6-7H,2-4,10H2,1H3;2-5H,1H3,(H,8,9,10). The molecule has 1 aliphatic heterocycles. The van der Waals surface area contributed by atoms with E-state index in [0.29, 0.717) is 6.54 Å². The minimum atomic E-state index is -4.02. The average molecular weight is 339 g/mol. The number of carbonyl (C=O) groups excluding carboxylic acids is 1. The van der Waals surface area contributed by atoms with Gasteiger partial charge in [0.1, 0.15) is 6.04 Å². The molecule has 2 rings (SSSR count). The molecule has 0 saturated carbocycles. The molecule has 1 fully saturated rings. The molecule has 1 amide bonds. The molecule has 1 aromatic rings. The van der Waals surface area contributed by atoms with E-state index in [1.54, 1.807) is 24.0 Å². The van der Waals surface area contributed by atoms with Gasteiger partial charge in [-0.25, -0.2) is 0 Å². The van der Waals surface area contributed by atoms with Gasteiger partial charge in [-0.15, -0.1) is 0 Å².